The van der Waals surface area contributed by atoms with Gasteiger partial charge in [0.15, 0.2) is 5.13 Å². The molecule has 2 N–H and O–H groups in total. The maximum Gasteiger partial charge on any atom is 0.321 e. The molecule has 2 heterocycles. The maximum absolute atomic E-state index is 12.2. The van der Waals surface area contributed by atoms with E-state index in [1.54, 1.807) is 6.20 Å². The van der Waals surface area contributed by atoms with Crippen LogP contribution in [0.15, 0.2) is 36.5 Å². The number of pyridine rings is 1. The highest BCUT2D eigenvalue weighted by Gasteiger charge is 2.22. The first-order valence-corrected chi connectivity index (χ1v) is 10.4. The number of benzene rings is 1. The second-order valence-electron chi connectivity index (χ2n) is 7.27. The molecule has 7 heteroatoms. The Morgan fingerprint density at radius 3 is 3.04 bits per heavy atom. The summed E-state index contributed by atoms with van der Waals surface area (Å²) >= 11 is 1.47. The van der Waals surface area contributed by atoms with E-state index in [4.69, 9.17) is 4.74 Å². The summed E-state index contributed by atoms with van der Waals surface area (Å²) < 4.78 is 5.72. The SMILES string of the molecule is Cc1nc(NC(=O)NC[C@H](C)OCC2CC2)sc1-c1ccc2ncccc2c1. The smallest absolute Gasteiger partial charge is 0.321 e. The van der Waals surface area contributed by atoms with Crippen LogP contribution in [0.25, 0.3) is 21.3 Å². The predicted molar refractivity (Wildman–Crippen MR) is 113 cm³/mol. The van der Waals surface area contributed by atoms with Gasteiger partial charge < -0.3 is 10.1 Å². The van der Waals surface area contributed by atoms with Gasteiger partial charge in [-0.1, -0.05) is 23.5 Å². The number of hydrogen-bond donors (Lipinski definition) is 2. The molecule has 1 aliphatic rings. The maximum atomic E-state index is 12.2. The molecule has 2 aromatic heterocycles. The molecule has 2 amide bonds. The topological polar surface area (TPSA) is 76.1 Å². The van der Waals surface area contributed by atoms with Crippen LogP contribution in [0.5, 0.6) is 0 Å². The largest absolute Gasteiger partial charge is 0.376 e. The van der Waals surface area contributed by atoms with Crippen LogP contribution in [0.2, 0.25) is 0 Å². The van der Waals surface area contributed by atoms with E-state index >= 15 is 0 Å². The van der Waals surface area contributed by atoms with Crippen molar-refractivity contribution in [3.8, 4) is 10.4 Å². The summed E-state index contributed by atoms with van der Waals surface area (Å²) in [6, 6.07) is 9.86. The molecule has 0 aliphatic heterocycles. The number of nitrogens with one attached hydrogen (secondary N) is 2. The van der Waals surface area contributed by atoms with Crippen LogP contribution in [0, 0.1) is 12.8 Å². The molecule has 0 spiro atoms. The Balaban J connectivity index is 1.37. The fourth-order valence-corrected chi connectivity index (χ4v) is 3.91. The van der Waals surface area contributed by atoms with E-state index in [-0.39, 0.29) is 12.1 Å². The van der Waals surface area contributed by atoms with Crippen LogP contribution in [0.3, 0.4) is 0 Å². The lowest BCUT2D eigenvalue weighted by molar-refractivity contribution is 0.0601. The first-order valence-electron chi connectivity index (χ1n) is 9.57. The summed E-state index contributed by atoms with van der Waals surface area (Å²) in [5.74, 6) is 0.721. The van der Waals surface area contributed by atoms with Crippen molar-refractivity contribution in [1.29, 1.82) is 0 Å². The summed E-state index contributed by atoms with van der Waals surface area (Å²) in [4.78, 5) is 22.1. The van der Waals surface area contributed by atoms with E-state index in [1.807, 2.05) is 38.1 Å². The number of aromatic nitrogens is 2. The van der Waals surface area contributed by atoms with E-state index in [2.05, 4.69) is 26.7 Å². The molecule has 4 rings (SSSR count). The van der Waals surface area contributed by atoms with Crippen molar-refractivity contribution in [3.63, 3.8) is 0 Å². The highest BCUT2D eigenvalue weighted by atomic mass is 32.1. The number of aryl methyl sites for hydroxylation is 1. The van der Waals surface area contributed by atoms with Gasteiger partial charge in [0.1, 0.15) is 0 Å². The molecule has 1 aliphatic carbocycles. The summed E-state index contributed by atoms with van der Waals surface area (Å²) in [6.45, 7) is 5.20. The number of urea groups is 1. The molecule has 1 fully saturated rings. The van der Waals surface area contributed by atoms with Crippen molar-refractivity contribution >= 4 is 33.4 Å². The molecule has 0 bridgehead atoms. The highest BCUT2D eigenvalue weighted by Crippen LogP contribution is 2.34. The monoisotopic (exact) mass is 396 g/mol. The Labute approximate surface area is 168 Å². The quantitative estimate of drug-likeness (QED) is 0.612. The molecule has 0 saturated heterocycles. The van der Waals surface area contributed by atoms with Gasteiger partial charge in [-0.3, -0.25) is 10.3 Å². The molecular weight excluding hydrogens is 372 g/mol. The molecule has 3 aromatic rings. The number of ether oxygens (including phenoxy) is 1. The Kier molecular flexibility index (Phi) is 5.54. The van der Waals surface area contributed by atoms with E-state index in [0.29, 0.717) is 11.7 Å². The van der Waals surface area contributed by atoms with Gasteiger partial charge in [-0.2, -0.15) is 0 Å². The van der Waals surface area contributed by atoms with Crippen molar-refractivity contribution in [2.24, 2.45) is 5.92 Å². The molecule has 0 unspecified atom stereocenters. The van der Waals surface area contributed by atoms with E-state index in [1.165, 1.54) is 24.2 Å². The van der Waals surface area contributed by atoms with Gasteiger partial charge in [-0.05, 0) is 56.4 Å². The van der Waals surface area contributed by atoms with E-state index in [0.717, 1.165) is 39.6 Å². The Hall–Kier alpha value is -2.51. The number of rotatable bonds is 7. The molecular formula is C21H24N4O2S. The third-order valence-corrected chi connectivity index (χ3v) is 5.87. The van der Waals surface area contributed by atoms with Crippen molar-refractivity contribution in [2.75, 3.05) is 18.5 Å². The Bertz CT molecular complexity index is 983. The molecule has 1 saturated carbocycles. The van der Waals surface area contributed by atoms with Crippen LogP contribution in [-0.2, 0) is 4.74 Å². The molecule has 1 atom stereocenters. The van der Waals surface area contributed by atoms with Crippen molar-refractivity contribution in [1.82, 2.24) is 15.3 Å². The van der Waals surface area contributed by atoms with Crippen molar-refractivity contribution in [2.45, 2.75) is 32.8 Å². The van der Waals surface area contributed by atoms with Gasteiger partial charge in [0, 0.05) is 24.7 Å². The van der Waals surface area contributed by atoms with Gasteiger partial charge in [-0.15, -0.1) is 0 Å². The number of thiazole rings is 1. The number of fused-ring (bicyclic) bond motifs is 1. The molecule has 6 nitrogen and oxygen atoms in total. The lowest BCUT2D eigenvalue weighted by Gasteiger charge is -2.13. The fraction of sp³-hybridized carbons (Fsp3) is 0.381. The third kappa shape index (κ3) is 4.66. The summed E-state index contributed by atoms with van der Waals surface area (Å²) in [7, 11) is 0. The fourth-order valence-electron chi connectivity index (χ4n) is 2.96. The van der Waals surface area contributed by atoms with Gasteiger partial charge in [0.05, 0.1) is 22.2 Å². The second kappa shape index (κ2) is 8.24. The first-order chi connectivity index (χ1) is 13.6. The third-order valence-electron chi connectivity index (χ3n) is 4.75. The zero-order valence-corrected chi connectivity index (χ0v) is 16.9. The number of anilines is 1. The van der Waals surface area contributed by atoms with Crippen molar-refractivity contribution in [3.05, 3.63) is 42.2 Å². The summed E-state index contributed by atoms with van der Waals surface area (Å²) in [5.41, 5.74) is 2.93. The minimum absolute atomic E-state index is 0.00570. The minimum atomic E-state index is -0.259. The van der Waals surface area contributed by atoms with Crippen LogP contribution in [0.4, 0.5) is 9.93 Å². The van der Waals surface area contributed by atoms with E-state index in [9.17, 15) is 4.79 Å². The molecule has 28 heavy (non-hydrogen) atoms. The lowest BCUT2D eigenvalue weighted by atomic mass is 10.1. The average molecular weight is 397 g/mol. The summed E-state index contributed by atoms with van der Waals surface area (Å²) in [6.07, 6.45) is 4.32. The summed E-state index contributed by atoms with van der Waals surface area (Å²) in [5, 5.41) is 7.35. The van der Waals surface area contributed by atoms with E-state index < -0.39 is 0 Å². The van der Waals surface area contributed by atoms with Crippen molar-refractivity contribution < 1.29 is 9.53 Å². The molecule has 1 aromatic carbocycles. The van der Waals surface area contributed by atoms with Gasteiger partial charge >= 0.3 is 6.03 Å². The first kappa shape index (κ1) is 18.8. The highest BCUT2D eigenvalue weighted by molar-refractivity contribution is 7.19. The minimum Gasteiger partial charge on any atom is -0.376 e. The lowest BCUT2D eigenvalue weighted by Crippen LogP contribution is -2.35. The number of hydrogen-bond acceptors (Lipinski definition) is 5. The average Bonchev–Trinajstić information content (AvgIpc) is 3.46. The van der Waals surface area contributed by atoms with Gasteiger partial charge in [0.25, 0.3) is 0 Å². The predicted octanol–water partition coefficient (Wildman–Crippen LogP) is 4.60. The standard InChI is InChI=1S/C21H24N4O2S/c1-13(27-12-15-5-6-15)11-23-20(26)25-21-24-14(2)19(28-21)17-7-8-18-16(10-17)4-3-9-22-18/h3-4,7-10,13,15H,5-6,11-12H2,1-2H3,(H2,23,24,25,26)/t13-/m0/s1. The van der Waals surface area contributed by atoms with Crippen LogP contribution >= 0.6 is 11.3 Å². The Morgan fingerprint density at radius 2 is 2.21 bits per heavy atom. The van der Waals surface area contributed by atoms with Crippen LogP contribution in [-0.4, -0.2) is 35.3 Å². The normalized spacial score (nSPS) is 14.8. The molecule has 146 valence electrons. The van der Waals surface area contributed by atoms with Crippen LogP contribution < -0.4 is 10.6 Å². The number of carbonyl (C=O) groups is 1. The molecule has 0 radical (unpaired) electrons. The number of nitrogens with zero attached hydrogens (tertiary/aromatic N) is 2. The zero-order valence-electron chi connectivity index (χ0n) is 16.1. The Morgan fingerprint density at radius 1 is 1.36 bits per heavy atom. The van der Waals surface area contributed by atoms with Gasteiger partial charge in [0.2, 0.25) is 0 Å². The number of amides is 2. The van der Waals surface area contributed by atoms with Gasteiger partial charge in [-0.25, -0.2) is 9.78 Å². The zero-order chi connectivity index (χ0) is 19.5. The van der Waals surface area contributed by atoms with Crippen LogP contribution in [0.1, 0.15) is 25.5 Å². The second-order valence-corrected chi connectivity index (χ2v) is 8.27. The number of carbonyl (C=O) groups excluding carboxylic acids is 1.